The van der Waals surface area contributed by atoms with Crippen LogP contribution in [0.2, 0.25) is 0 Å². The molecule has 1 N–H and O–H groups in total. The number of hydrogen-bond donors (Lipinski definition) is 1. The number of amides is 1. The van der Waals surface area contributed by atoms with Crippen molar-refractivity contribution in [2.24, 2.45) is 5.92 Å². The number of carbonyl (C=O) groups excluding carboxylic acids is 1. The molecule has 0 aliphatic carbocycles. The number of benzene rings is 1. The van der Waals surface area contributed by atoms with E-state index in [9.17, 15) is 14.0 Å². The number of rotatable bonds is 2. The first-order valence-electron chi connectivity index (χ1n) is 6.71. The molecule has 1 fully saturated rings. The van der Waals surface area contributed by atoms with Crippen LogP contribution in [0, 0.1) is 18.7 Å². The smallest absolute Gasteiger partial charge is 0.308 e. The number of piperidine rings is 1. The fourth-order valence-electron chi connectivity index (χ4n) is 2.79. The molecule has 4 nitrogen and oxygen atoms in total. The summed E-state index contributed by atoms with van der Waals surface area (Å²) >= 11 is 0. The Hall–Kier alpha value is -1.91. The Balaban J connectivity index is 2.25. The molecule has 108 valence electrons. The zero-order valence-corrected chi connectivity index (χ0v) is 11.6. The zero-order valence-electron chi connectivity index (χ0n) is 11.6. The number of hydrogen-bond acceptors (Lipinski definition) is 2. The highest BCUT2D eigenvalue weighted by molar-refractivity contribution is 5.95. The molecule has 1 heterocycles. The minimum absolute atomic E-state index is 0.278. The van der Waals surface area contributed by atoms with Crippen LogP contribution in [0.25, 0.3) is 0 Å². The van der Waals surface area contributed by atoms with Crippen molar-refractivity contribution >= 4 is 11.9 Å². The minimum Gasteiger partial charge on any atom is -0.481 e. The molecule has 1 aromatic rings. The van der Waals surface area contributed by atoms with Crippen molar-refractivity contribution in [3.8, 4) is 0 Å². The van der Waals surface area contributed by atoms with Crippen LogP contribution in [-0.4, -0.2) is 34.5 Å². The van der Waals surface area contributed by atoms with Crippen LogP contribution in [0.3, 0.4) is 0 Å². The number of carbonyl (C=O) groups is 2. The van der Waals surface area contributed by atoms with E-state index in [0.29, 0.717) is 24.9 Å². The molecule has 1 aliphatic heterocycles. The molecule has 0 radical (unpaired) electrons. The van der Waals surface area contributed by atoms with Crippen LogP contribution in [0.1, 0.15) is 35.7 Å². The van der Waals surface area contributed by atoms with E-state index < -0.39 is 17.7 Å². The second kappa shape index (κ2) is 5.61. The van der Waals surface area contributed by atoms with E-state index >= 15 is 0 Å². The van der Waals surface area contributed by atoms with Crippen molar-refractivity contribution in [2.45, 2.75) is 32.7 Å². The van der Waals surface area contributed by atoms with Crippen molar-refractivity contribution in [2.75, 3.05) is 6.54 Å². The fourth-order valence-corrected chi connectivity index (χ4v) is 2.79. The molecule has 1 aliphatic rings. The molecule has 5 heteroatoms. The van der Waals surface area contributed by atoms with Gasteiger partial charge in [0, 0.05) is 18.2 Å². The molecular weight excluding hydrogens is 261 g/mol. The average Bonchev–Trinajstić information content (AvgIpc) is 2.36. The van der Waals surface area contributed by atoms with E-state index in [-0.39, 0.29) is 17.5 Å². The summed E-state index contributed by atoms with van der Waals surface area (Å²) in [5, 5.41) is 9.17. The van der Waals surface area contributed by atoms with E-state index in [4.69, 9.17) is 5.11 Å². The van der Waals surface area contributed by atoms with Gasteiger partial charge in [-0.2, -0.15) is 0 Å². The Kier molecular flexibility index (Phi) is 4.06. The lowest BCUT2D eigenvalue weighted by Gasteiger charge is -2.37. The molecule has 2 rings (SSSR count). The maximum Gasteiger partial charge on any atom is 0.308 e. The summed E-state index contributed by atoms with van der Waals surface area (Å²) in [5.41, 5.74) is 0.952. The Labute approximate surface area is 117 Å². The number of carboxylic acid groups (broad SMARTS) is 1. The third kappa shape index (κ3) is 2.81. The summed E-state index contributed by atoms with van der Waals surface area (Å²) in [4.78, 5) is 25.2. The summed E-state index contributed by atoms with van der Waals surface area (Å²) in [5.74, 6) is -2.19. The van der Waals surface area contributed by atoms with Crippen molar-refractivity contribution in [3.05, 3.63) is 35.1 Å². The Morgan fingerprint density at radius 3 is 2.65 bits per heavy atom. The van der Waals surface area contributed by atoms with Gasteiger partial charge in [-0.1, -0.05) is 0 Å². The van der Waals surface area contributed by atoms with Gasteiger partial charge in [0.25, 0.3) is 5.91 Å². The van der Waals surface area contributed by atoms with Crippen LogP contribution in [0.4, 0.5) is 4.39 Å². The third-order valence-electron chi connectivity index (χ3n) is 3.86. The SMILES string of the molecule is Cc1cc(F)cc(C(=O)N2CCC[C@@H](C(=O)O)[C@H]2C)c1. The number of halogens is 1. The highest BCUT2D eigenvalue weighted by Crippen LogP contribution is 2.25. The van der Waals surface area contributed by atoms with E-state index in [1.165, 1.54) is 17.0 Å². The van der Waals surface area contributed by atoms with Crippen molar-refractivity contribution in [3.63, 3.8) is 0 Å². The number of likely N-dealkylation sites (tertiary alicyclic amines) is 1. The summed E-state index contributed by atoms with van der Waals surface area (Å²) in [6.07, 6.45) is 1.23. The van der Waals surface area contributed by atoms with Gasteiger partial charge >= 0.3 is 5.97 Å². The first-order valence-corrected chi connectivity index (χ1v) is 6.71. The predicted octanol–water partition coefficient (Wildman–Crippen LogP) is 2.46. The number of aryl methyl sites for hydroxylation is 1. The molecule has 0 unspecified atom stereocenters. The minimum atomic E-state index is -0.884. The average molecular weight is 279 g/mol. The molecule has 1 amide bonds. The van der Waals surface area contributed by atoms with E-state index in [1.807, 2.05) is 0 Å². The van der Waals surface area contributed by atoms with Crippen LogP contribution < -0.4 is 0 Å². The molecule has 20 heavy (non-hydrogen) atoms. The van der Waals surface area contributed by atoms with Crippen LogP contribution in [0.5, 0.6) is 0 Å². The van der Waals surface area contributed by atoms with Gasteiger partial charge in [-0.05, 0) is 50.5 Å². The summed E-state index contributed by atoms with van der Waals surface area (Å²) < 4.78 is 13.4. The van der Waals surface area contributed by atoms with Crippen molar-refractivity contribution in [1.82, 2.24) is 4.90 Å². The molecular formula is C15H18FNO3. The van der Waals surface area contributed by atoms with Crippen molar-refractivity contribution < 1.29 is 19.1 Å². The zero-order chi connectivity index (χ0) is 14.9. The number of carboxylic acids is 1. The Bertz CT molecular complexity index is 524. The lowest BCUT2D eigenvalue weighted by Crippen LogP contribution is -2.49. The van der Waals surface area contributed by atoms with Crippen LogP contribution in [0.15, 0.2) is 18.2 Å². The predicted molar refractivity (Wildman–Crippen MR) is 72.0 cm³/mol. The highest BCUT2D eigenvalue weighted by atomic mass is 19.1. The molecule has 0 spiro atoms. The third-order valence-corrected chi connectivity index (χ3v) is 3.86. The largest absolute Gasteiger partial charge is 0.481 e. The standard InChI is InChI=1S/C15H18FNO3/c1-9-6-11(8-12(16)7-9)14(18)17-5-3-4-13(10(17)2)15(19)20/h6-8,10,13H,3-5H2,1-2H3,(H,19,20)/t10-,13-/m1/s1. The van der Waals surface area contributed by atoms with Gasteiger partial charge < -0.3 is 10.0 Å². The highest BCUT2D eigenvalue weighted by Gasteiger charge is 2.35. The lowest BCUT2D eigenvalue weighted by molar-refractivity contribution is -0.144. The van der Waals surface area contributed by atoms with Crippen molar-refractivity contribution in [1.29, 1.82) is 0 Å². The fraction of sp³-hybridized carbons (Fsp3) is 0.467. The monoisotopic (exact) mass is 279 g/mol. The summed E-state index contributed by atoms with van der Waals surface area (Å²) in [6.45, 7) is 3.97. The van der Waals surface area contributed by atoms with Gasteiger partial charge in [-0.25, -0.2) is 4.39 Å². The van der Waals surface area contributed by atoms with Gasteiger partial charge in [-0.15, -0.1) is 0 Å². The Morgan fingerprint density at radius 1 is 1.35 bits per heavy atom. The molecule has 1 aromatic carbocycles. The quantitative estimate of drug-likeness (QED) is 0.904. The van der Waals surface area contributed by atoms with Gasteiger partial charge in [0.1, 0.15) is 5.82 Å². The van der Waals surface area contributed by atoms with E-state index in [2.05, 4.69) is 0 Å². The topological polar surface area (TPSA) is 57.6 Å². The molecule has 1 saturated heterocycles. The second-order valence-corrected chi connectivity index (χ2v) is 5.34. The summed E-state index contributed by atoms with van der Waals surface area (Å²) in [6, 6.07) is 3.81. The lowest BCUT2D eigenvalue weighted by atomic mass is 9.89. The van der Waals surface area contributed by atoms with Gasteiger partial charge in [0.05, 0.1) is 5.92 Å². The maximum atomic E-state index is 13.4. The number of nitrogens with zero attached hydrogens (tertiary/aromatic N) is 1. The number of aliphatic carboxylic acids is 1. The normalized spacial score (nSPS) is 22.6. The Morgan fingerprint density at radius 2 is 2.05 bits per heavy atom. The molecule has 0 saturated carbocycles. The van der Waals surface area contributed by atoms with E-state index in [1.54, 1.807) is 19.9 Å². The molecule has 0 bridgehead atoms. The second-order valence-electron chi connectivity index (χ2n) is 5.34. The van der Waals surface area contributed by atoms with Gasteiger partial charge in [-0.3, -0.25) is 9.59 Å². The first kappa shape index (κ1) is 14.5. The summed E-state index contributed by atoms with van der Waals surface area (Å²) in [7, 11) is 0. The maximum absolute atomic E-state index is 13.4. The van der Waals surface area contributed by atoms with Gasteiger partial charge in [0.15, 0.2) is 0 Å². The van der Waals surface area contributed by atoms with Crippen LogP contribution in [-0.2, 0) is 4.79 Å². The molecule has 2 atom stereocenters. The molecule has 0 aromatic heterocycles. The van der Waals surface area contributed by atoms with Crippen LogP contribution >= 0.6 is 0 Å². The van der Waals surface area contributed by atoms with Gasteiger partial charge in [0.2, 0.25) is 0 Å². The van der Waals surface area contributed by atoms with E-state index in [0.717, 1.165) is 0 Å². The first-order chi connectivity index (χ1) is 9.40.